The van der Waals surface area contributed by atoms with Gasteiger partial charge in [0, 0.05) is 12.8 Å². The maximum Gasteiger partial charge on any atom is 0.472 e. The summed E-state index contributed by atoms with van der Waals surface area (Å²) >= 11 is 0. The highest BCUT2D eigenvalue weighted by molar-refractivity contribution is 7.47. The molecule has 72 heavy (non-hydrogen) atoms. The van der Waals surface area contributed by atoms with Crippen molar-refractivity contribution in [3.05, 3.63) is 109 Å². The first-order valence-electron chi connectivity index (χ1n) is 28.7. The van der Waals surface area contributed by atoms with Crippen LogP contribution >= 0.6 is 7.82 Å². The number of nitrogens with zero attached hydrogens (tertiary/aromatic N) is 1. The minimum atomic E-state index is -4.46. The zero-order valence-electron chi connectivity index (χ0n) is 46.9. The summed E-state index contributed by atoms with van der Waals surface area (Å²) in [6, 6.07) is -0.874. The van der Waals surface area contributed by atoms with Crippen molar-refractivity contribution in [2.45, 2.75) is 232 Å². The summed E-state index contributed by atoms with van der Waals surface area (Å²) in [6.07, 6.45) is 69.4. The van der Waals surface area contributed by atoms with Crippen molar-refractivity contribution in [1.82, 2.24) is 5.32 Å². The van der Waals surface area contributed by atoms with Crippen molar-refractivity contribution < 1.29 is 37.3 Å². The Bertz CT molecular complexity index is 1600. The SMILES string of the molecule is CC/C=C\C/C=C\C/C=C\C/C=C\C/C=C\CCCCCCCC(=O)NC(COP(=O)(O)OCC[N+](C)(C)C)C(/C=C\CCCCCCCCCCC)OC(=O)CCCCCC/C=C/C/C=C/C/C=C/CC. The minimum absolute atomic E-state index is 0.0263. The highest BCUT2D eigenvalue weighted by atomic mass is 31.2. The van der Waals surface area contributed by atoms with Gasteiger partial charge in [0.1, 0.15) is 19.3 Å². The summed E-state index contributed by atoms with van der Waals surface area (Å²) in [5.74, 6) is -0.563. The number of rotatable bonds is 50. The summed E-state index contributed by atoms with van der Waals surface area (Å²) in [5.41, 5.74) is 0. The molecule has 0 aromatic carbocycles. The van der Waals surface area contributed by atoms with Gasteiger partial charge in [0.05, 0.1) is 33.8 Å². The molecule has 1 amide bonds. The van der Waals surface area contributed by atoms with Crippen molar-refractivity contribution in [3.8, 4) is 0 Å². The number of nitrogens with one attached hydrogen (secondary N) is 1. The molecule has 0 aromatic rings. The number of amides is 1. The molecule has 2 N–H and O–H groups in total. The topological polar surface area (TPSA) is 111 Å². The Morgan fingerprint density at radius 3 is 1.33 bits per heavy atom. The van der Waals surface area contributed by atoms with Gasteiger partial charge in [-0.1, -0.05) is 208 Å². The molecule has 9 nitrogen and oxygen atoms in total. The Hall–Kier alpha value is -3.33. The monoisotopic (exact) mass is 1020 g/mol. The smallest absolute Gasteiger partial charge is 0.456 e. The van der Waals surface area contributed by atoms with Crippen molar-refractivity contribution in [2.24, 2.45) is 0 Å². The van der Waals surface area contributed by atoms with Crippen LogP contribution in [-0.2, 0) is 27.9 Å². The van der Waals surface area contributed by atoms with Crippen molar-refractivity contribution >= 4 is 19.7 Å². The maximum atomic E-state index is 13.5. The number of carbonyl (C=O) groups is 2. The van der Waals surface area contributed by atoms with Crippen molar-refractivity contribution in [1.29, 1.82) is 0 Å². The second-order valence-corrected chi connectivity index (χ2v) is 21.5. The van der Waals surface area contributed by atoms with Crippen molar-refractivity contribution in [3.63, 3.8) is 0 Å². The number of quaternary nitrogens is 1. The van der Waals surface area contributed by atoms with Crippen LogP contribution in [0.1, 0.15) is 220 Å². The number of phosphoric acid groups is 1. The molecule has 3 unspecified atom stereocenters. The van der Waals surface area contributed by atoms with E-state index in [2.05, 4.69) is 123 Å². The molecule has 10 heteroatoms. The van der Waals surface area contributed by atoms with Crippen LogP contribution in [0.3, 0.4) is 0 Å². The standard InChI is InChI=1S/C62H107N2O7P/c1-7-10-13-16-19-22-25-27-29-30-31-32-33-34-35-36-39-42-45-48-51-54-61(65)63-59(58-70-72(67,68)69-57-56-64(4,5)6)60(53-50-47-44-41-38-24-21-18-15-12-9-3)71-62(66)55-52-49-46-43-40-37-28-26-23-20-17-14-11-8-2/h10-11,13-14,19-20,22-23,27-29,31-32,34-35,37,50,53,59-60H,7-9,12,15-18,21,24-26,30,33,36,38-49,51-52,54-58H2,1-6H3,(H-,63,65,67,68)/p+1/b13-10-,14-11+,22-19-,23-20+,29-27-,32-31-,35-34-,37-28+,53-50-. The van der Waals surface area contributed by atoms with Gasteiger partial charge in [-0.15, -0.1) is 0 Å². The lowest BCUT2D eigenvalue weighted by molar-refractivity contribution is -0.870. The third kappa shape index (κ3) is 51.6. The summed E-state index contributed by atoms with van der Waals surface area (Å²) in [4.78, 5) is 37.6. The minimum Gasteiger partial charge on any atom is -0.456 e. The van der Waals surface area contributed by atoms with Gasteiger partial charge < -0.3 is 19.4 Å². The Balaban J connectivity index is 5.35. The van der Waals surface area contributed by atoms with Crippen LogP contribution in [0, 0.1) is 0 Å². The number of carbonyl (C=O) groups excluding carboxylic acids is 2. The van der Waals surface area contributed by atoms with Gasteiger partial charge in [0.2, 0.25) is 5.91 Å². The third-order valence-corrected chi connectivity index (χ3v) is 12.9. The van der Waals surface area contributed by atoms with Crippen LogP contribution in [0.15, 0.2) is 109 Å². The molecule has 0 fully saturated rings. The molecule has 3 atom stereocenters. The third-order valence-electron chi connectivity index (χ3n) is 12.0. The average Bonchev–Trinajstić information content (AvgIpc) is 3.34. The molecule has 0 spiro atoms. The number of hydrogen-bond donors (Lipinski definition) is 2. The first kappa shape index (κ1) is 68.7. The maximum absolute atomic E-state index is 13.5. The fraction of sp³-hybridized carbons (Fsp3) is 0.677. The molecular formula is C62H108N2O7P+. The molecule has 412 valence electrons. The Morgan fingerprint density at radius 1 is 0.500 bits per heavy atom. The predicted octanol–water partition coefficient (Wildman–Crippen LogP) is 17.4. The van der Waals surface area contributed by atoms with Crippen LogP contribution in [0.25, 0.3) is 0 Å². The molecule has 0 aliphatic heterocycles. The van der Waals surface area contributed by atoms with E-state index in [0.29, 0.717) is 23.9 Å². The molecule has 0 bridgehead atoms. The van der Waals surface area contributed by atoms with Gasteiger partial charge in [-0.05, 0) is 109 Å². The van der Waals surface area contributed by atoms with Gasteiger partial charge in [0.25, 0.3) is 0 Å². The molecule has 0 aliphatic rings. The lowest BCUT2D eigenvalue weighted by atomic mass is 10.1. The fourth-order valence-corrected chi connectivity index (χ4v) is 8.30. The molecule has 0 aliphatic carbocycles. The number of ether oxygens (including phenoxy) is 1. The van der Waals surface area contributed by atoms with Gasteiger partial charge in [-0.2, -0.15) is 0 Å². The Kier molecular flexibility index (Phi) is 48.8. The lowest BCUT2D eigenvalue weighted by Crippen LogP contribution is -2.47. The van der Waals surface area contributed by atoms with E-state index in [1.54, 1.807) is 0 Å². The highest BCUT2D eigenvalue weighted by Crippen LogP contribution is 2.43. The fourth-order valence-electron chi connectivity index (χ4n) is 7.57. The number of esters is 1. The van der Waals surface area contributed by atoms with E-state index < -0.39 is 20.0 Å². The van der Waals surface area contributed by atoms with Crippen LogP contribution in [-0.4, -0.2) is 74.3 Å². The molecule has 0 heterocycles. The normalized spacial score (nSPS) is 14.6. The van der Waals surface area contributed by atoms with Crippen molar-refractivity contribution in [2.75, 3.05) is 40.9 Å². The first-order valence-corrected chi connectivity index (χ1v) is 30.2. The Labute approximate surface area is 442 Å². The van der Waals surface area contributed by atoms with Crippen LogP contribution in [0.5, 0.6) is 0 Å². The van der Waals surface area contributed by atoms with Crippen LogP contribution < -0.4 is 5.32 Å². The number of allylic oxidation sites excluding steroid dienone is 17. The van der Waals surface area contributed by atoms with Crippen LogP contribution in [0.4, 0.5) is 0 Å². The zero-order chi connectivity index (χ0) is 52.9. The van der Waals surface area contributed by atoms with Gasteiger partial charge in [0.15, 0.2) is 0 Å². The van der Waals surface area contributed by atoms with E-state index in [9.17, 15) is 19.0 Å². The largest absolute Gasteiger partial charge is 0.472 e. The lowest BCUT2D eigenvalue weighted by Gasteiger charge is -2.27. The molecule has 0 saturated carbocycles. The van der Waals surface area contributed by atoms with Gasteiger partial charge in [-0.25, -0.2) is 4.57 Å². The summed E-state index contributed by atoms with van der Waals surface area (Å²) in [6.45, 7) is 6.72. The van der Waals surface area contributed by atoms with E-state index in [0.717, 1.165) is 135 Å². The Morgan fingerprint density at radius 2 is 0.889 bits per heavy atom. The van der Waals surface area contributed by atoms with Gasteiger partial charge >= 0.3 is 13.8 Å². The van der Waals surface area contributed by atoms with Crippen LogP contribution in [0.2, 0.25) is 0 Å². The molecule has 0 saturated heterocycles. The zero-order valence-corrected chi connectivity index (χ0v) is 47.8. The van der Waals surface area contributed by atoms with E-state index >= 15 is 0 Å². The molecule has 0 rings (SSSR count). The first-order chi connectivity index (χ1) is 34.9. The molecule has 0 aromatic heterocycles. The summed E-state index contributed by atoms with van der Waals surface area (Å²) in [5, 5.41) is 3.03. The second-order valence-electron chi connectivity index (χ2n) is 20.0. The quantitative estimate of drug-likeness (QED) is 0.0205. The van der Waals surface area contributed by atoms with Gasteiger partial charge in [-0.3, -0.25) is 18.6 Å². The number of hydrogen-bond acceptors (Lipinski definition) is 6. The number of likely N-dealkylation sites (N-methyl/N-ethyl adjacent to an activating group) is 1. The van der Waals surface area contributed by atoms with E-state index in [-0.39, 0.29) is 31.5 Å². The summed E-state index contributed by atoms with van der Waals surface area (Å²) < 4.78 is 30.6. The highest BCUT2D eigenvalue weighted by Gasteiger charge is 2.30. The second kappa shape index (κ2) is 51.2. The number of unbranched alkanes of at least 4 members (excludes halogenated alkanes) is 18. The van der Waals surface area contributed by atoms with E-state index in [4.69, 9.17) is 13.8 Å². The number of phosphoric ester groups is 1. The summed E-state index contributed by atoms with van der Waals surface area (Å²) in [7, 11) is 1.45. The van der Waals surface area contributed by atoms with E-state index in [1.165, 1.54) is 44.9 Å². The predicted molar refractivity (Wildman–Crippen MR) is 309 cm³/mol. The average molecular weight is 1020 g/mol. The van der Waals surface area contributed by atoms with E-state index in [1.807, 2.05) is 33.3 Å². The molecular weight excluding hydrogens is 916 g/mol. The molecule has 0 radical (unpaired) electrons.